The highest BCUT2D eigenvalue weighted by atomic mass is 16.2. The molecule has 3 N–H and O–H groups in total. The number of hydrogen-bond acceptors (Lipinski definition) is 3. The minimum absolute atomic E-state index is 0.276. The zero-order valence-electron chi connectivity index (χ0n) is 9.82. The Balaban J connectivity index is 1.70. The van der Waals surface area contributed by atoms with Crippen molar-refractivity contribution in [1.82, 2.24) is 15.1 Å². The Morgan fingerprint density at radius 3 is 2.38 bits per heavy atom. The van der Waals surface area contributed by atoms with Crippen molar-refractivity contribution in [1.29, 1.82) is 0 Å². The average Bonchev–Trinajstić information content (AvgIpc) is 2.31. The second-order valence-electron chi connectivity index (χ2n) is 4.82. The molecule has 2 amide bonds. The van der Waals surface area contributed by atoms with Gasteiger partial charge in [-0.05, 0) is 31.8 Å². The van der Waals surface area contributed by atoms with Crippen molar-refractivity contribution < 1.29 is 4.79 Å². The highest BCUT2D eigenvalue weighted by molar-refractivity contribution is 5.72. The van der Waals surface area contributed by atoms with E-state index in [1.54, 1.807) is 4.90 Å². The largest absolute Gasteiger partial charge is 0.351 e. The molecule has 2 heterocycles. The highest BCUT2D eigenvalue weighted by Gasteiger charge is 2.22. The lowest BCUT2D eigenvalue weighted by molar-refractivity contribution is 0.125. The second kappa shape index (κ2) is 5.50. The third-order valence-electron chi connectivity index (χ3n) is 3.66. The van der Waals surface area contributed by atoms with Gasteiger partial charge in [0.25, 0.3) is 0 Å². The molecule has 2 aliphatic rings. The number of nitrogens with zero attached hydrogens (tertiary/aromatic N) is 2. The zero-order valence-corrected chi connectivity index (χ0v) is 9.82. The van der Waals surface area contributed by atoms with Gasteiger partial charge >= 0.3 is 6.03 Å². The zero-order chi connectivity index (χ0) is 11.4. The fourth-order valence-electron chi connectivity index (χ4n) is 2.58. The van der Waals surface area contributed by atoms with Gasteiger partial charge in [-0.15, -0.1) is 0 Å². The molecule has 0 aromatic rings. The number of nitrogens with two attached hydrogens (primary N) is 1. The quantitative estimate of drug-likeness (QED) is 0.678. The van der Waals surface area contributed by atoms with Crippen molar-refractivity contribution in [3.63, 3.8) is 0 Å². The molecule has 2 aliphatic heterocycles. The maximum Gasteiger partial charge on any atom is 0.314 e. The van der Waals surface area contributed by atoms with Gasteiger partial charge in [0.05, 0.1) is 0 Å². The van der Waals surface area contributed by atoms with Crippen LogP contribution in [-0.2, 0) is 0 Å². The average molecular weight is 226 g/mol. The van der Waals surface area contributed by atoms with Crippen LogP contribution in [0.4, 0.5) is 4.79 Å². The van der Waals surface area contributed by atoms with Gasteiger partial charge in [-0.2, -0.15) is 0 Å². The summed E-state index contributed by atoms with van der Waals surface area (Å²) in [4.78, 5) is 15.2. The Morgan fingerprint density at radius 1 is 1.19 bits per heavy atom. The number of carbonyl (C=O) groups is 1. The van der Waals surface area contributed by atoms with E-state index < -0.39 is 0 Å². The van der Waals surface area contributed by atoms with E-state index >= 15 is 0 Å². The molecule has 0 bridgehead atoms. The molecule has 92 valence electrons. The molecule has 0 spiro atoms. The number of primary amides is 1. The first-order valence-electron chi connectivity index (χ1n) is 6.23. The Bertz CT molecular complexity index is 232. The Hall–Kier alpha value is -0.810. The molecule has 0 saturated carbocycles. The number of piperidine rings is 1. The monoisotopic (exact) mass is 226 g/mol. The highest BCUT2D eigenvalue weighted by Crippen LogP contribution is 2.14. The van der Waals surface area contributed by atoms with E-state index in [0.29, 0.717) is 0 Å². The van der Waals surface area contributed by atoms with Crippen LogP contribution in [0, 0.1) is 5.92 Å². The molecule has 2 rings (SSSR count). The molecule has 0 unspecified atom stereocenters. The molecule has 5 nitrogen and oxygen atoms in total. The Labute approximate surface area is 96.9 Å². The van der Waals surface area contributed by atoms with Crippen LogP contribution in [-0.4, -0.2) is 61.6 Å². The number of piperazine rings is 1. The first-order valence-corrected chi connectivity index (χ1v) is 6.23. The van der Waals surface area contributed by atoms with Gasteiger partial charge in [-0.25, -0.2) is 4.79 Å². The van der Waals surface area contributed by atoms with Gasteiger partial charge in [0.1, 0.15) is 0 Å². The SMILES string of the molecule is NC(=O)N1CCN(CC2CCNCC2)CC1. The minimum atomic E-state index is -0.276. The molecular formula is C11H22N4O. The molecule has 0 aromatic carbocycles. The summed E-state index contributed by atoms with van der Waals surface area (Å²) in [5.41, 5.74) is 5.26. The molecule has 0 aliphatic carbocycles. The number of nitrogens with one attached hydrogen (secondary N) is 1. The summed E-state index contributed by atoms with van der Waals surface area (Å²) in [6.07, 6.45) is 2.58. The molecule has 2 saturated heterocycles. The Kier molecular flexibility index (Phi) is 4.01. The summed E-state index contributed by atoms with van der Waals surface area (Å²) in [7, 11) is 0. The van der Waals surface area contributed by atoms with Gasteiger partial charge in [0, 0.05) is 32.7 Å². The van der Waals surface area contributed by atoms with Crippen molar-refractivity contribution >= 4 is 6.03 Å². The predicted molar refractivity (Wildman–Crippen MR) is 63.2 cm³/mol. The van der Waals surface area contributed by atoms with E-state index in [2.05, 4.69) is 10.2 Å². The Morgan fingerprint density at radius 2 is 1.81 bits per heavy atom. The molecular weight excluding hydrogens is 204 g/mol. The van der Waals surface area contributed by atoms with E-state index in [0.717, 1.165) is 45.2 Å². The molecule has 16 heavy (non-hydrogen) atoms. The fraction of sp³-hybridized carbons (Fsp3) is 0.909. The van der Waals surface area contributed by atoms with Crippen LogP contribution in [0.3, 0.4) is 0 Å². The molecule has 0 radical (unpaired) electrons. The maximum absolute atomic E-state index is 11.0. The molecule has 5 heteroatoms. The number of urea groups is 1. The summed E-state index contributed by atoms with van der Waals surface area (Å²) < 4.78 is 0. The first kappa shape index (κ1) is 11.7. The van der Waals surface area contributed by atoms with E-state index in [4.69, 9.17) is 5.73 Å². The lowest BCUT2D eigenvalue weighted by Crippen LogP contribution is -2.51. The van der Waals surface area contributed by atoms with Crippen LogP contribution >= 0.6 is 0 Å². The normalized spacial score (nSPS) is 24.6. The number of rotatable bonds is 2. The van der Waals surface area contributed by atoms with E-state index in [9.17, 15) is 4.79 Å². The van der Waals surface area contributed by atoms with Crippen molar-refractivity contribution in [2.75, 3.05) is 45.8 Å². The molecule has 0 atom stereocenters. The standard InChI is InChI=1S/C11H22N4O/c12-11(16)15-7-5-14(6-8-15)9-10-1-3-13-4-2-10/h10,13H,1-9H2,(H2,12,16). The van der Waals surface area contributed by atoms with Crippen LogP contribution in [0.5, 0.6) is 0 Å². The lowest BCUT2D eigenvalue weighted by atomic mass is 9.97. The van der Waals surface area contributed by atoms with Gasteiger partial charge in [-0.3, -0.25) is 4.90 Å². The summed E-state index contributed by atoms with van der Waals surface area (Å²) in [6.45, 7) is 7.05. The van der Waals surface area contributed by atoms with Crippen molar-refractivity contribution in [2.45, 2.75) is 12.8 Å². The summed E-state index contributed by atoms with van der Waals surface area (Å²) in [5, 5.41) is 3.39. The fourth-order valence-corrected chi connectivity index (χ4v) is 2.58. The summed E-state index contributed by atoms with van der Waals surface area (Å²) >= 11 is 0. The van der Waals surface area contributed by atoms with E-state index in [-0.39, 0.29) is 6.03 Å². The smallest absolute Gasteiger partial charge is 0.314 e. The van der Waals surface area contributed by atoms with Crippen LogP contribution in [0.25, 0.3) is 0 Å². The summed E-state index contributed by atoms with van der Waals surface area (Å²) in [6, 6.07) is -0.276. The summed E-state index contributed by atoms with van der Waals surface area (Å²) in [5.74, 6) is 0.835. The van der Waals surface area contributed by atoms with Crippen LogP contribution < -0.4 is 11.1 Å². The topological polar surface area (TPSA) is 61.6 Å². The van der Waals surface area contributed by atoms with E-state index in [1.807, 2.05) is 0 Å². The maximum atomic E-state index is 11.0. The van der Waals surface area contributed by atoms with Gasteiger partial charge in [0.15, 0.2) is 0 Å². The van der Waals surface area contributed by atoms with Crippen molar-refractivity contribution in [3.05, 3.63) is 0 Å². The lowest BCUT2D eigenvalue weighted by Gasteiger charge is -2.36. The van der Waals surface area contributed by atoms with Crippen molar-refractivity contribution in [3.8, 4) is 0 Å². The second-order valence-corrected chi connectivity index (χ2v) is 4.82. The number of amides is 2. The van der Waals surface area contributed by atoms with Gasteiger partial charge in [-0.1, -0.05) is 0 Å². The minimum Gasteiger partial charge on any atom is -0.351 e. The van der Waals surface area contributed by atoms with Crippen molar-refractivity contribution in [2.24, 2.45) is 11.7 Å². The molecule has 2 fully saturated rings. The third-order valence-corrected chi connectivity index (χ3v) is 3.66. The van der Waals surface area contributed by atoms with Gasteiger partial charge < -0.3 is 16.0 Å². The predicted octanol–water partition coefficient (Wildman–Crippen LogP) is -0.318. The van der Waals surface area contributed by atoms with Crippen LogP contribution in [0.1, 0.15) is 12.8 Å². The third kappa shape index (κ3) is 3.09. The number of carbonyl (C=O) groups excluding carboxylic acids is 1. The van der Waals surface area contributed by atoms with Crippen LogP contribution in [0.2, 0.25) is 0 Å². The first-order chi connectivity index (χ1) is 7.75. The number of hydrogen-bond donors (Lipinski definition) is 2. The van der Waals surface area contributed by atoms with E-state index in [1.165, 1.54) is 19.4 Å². The van der Waals surface area contributed by atoms with Gasteiger partial charge in [0.2, 0.25) is 0 Å². The molecule has 0 aromatic heterocycles. The van der Waals surface area contributed by atoms with Crippen LogP contribution in [0.15, 0.2) is 0 Å².